The van der Waals surface area contributed by atoms with Gasteiger partial charge in [0.25, 0.3) is 0 Å². The van der Waals surface area contributed by atoms with Crippen LogP contribution >= 0.6 is 11.6 Å². The number of halogens is 3. The average molecular weight is 255 g/mol. The van der Waals surface area contributed by atoms with Gasteiger partial charge < -0.3 is 5.11 Å². The van der Waals surface area contributed by atoms with Crippen molar-refractivity contribution in [3.8, 4) is 0 Å². The van der Waals surface area contributed by atoms with E-state index in [2.05, 4.69) is 0 Å². The molecular formula is C13H9ClF2O. The minimum Gasteiger partial charge on any atom is -0.384 e. The molecule has 4 heteroatoms. The third-order valence-electron chi connectivity index (χ3n) is 2.42. The highest BCUT2D eigenvalue weighted by Gasteiger charge is 2.15. The molecule has 1 atom stereocenters. The summed E-state index contributed by atoms with van der Waals surface area (Å²) in [4.78, 5) is 0. The summed E-state index contributed by atoms with van der Waals surface area (Å²) in [5, 5.41) is 10.3. The van der Waals surface area contributed by atoms with Crippen molar-refractivity contribution >= 4 is 11.6 Å². The van der Waals surface area contributed by atoms with Gasteiger partial charge >= 0.3 is 0 Å². The molecule has 0 aliphatic heterocycles. The van der Waals surface area contributed by atoms with Crippen LogP contribution < -0.4 is 0 Å². The van der Waals surface area contributed by atoms with Crippen molar-refractivity contribution in [3.63, 3.8) is 0 Å². The van der Waals surface area contributed by atoms with Gasteiger partial charge in [0.1, 0.15) is 17.7 Å². The SMILES string of the molecule is O[C@@H](c1cccc(F)c1)c1cc(Cl)ccc1F. The van der Waals surface area contributed by atoms with Crippen LogP contribution in [0.2, 0.25) is 5.02 Å². The van der Waals surface area contributed by atoms with Crippen molar-refractivity contribution in [2.45, 2.75) is 6.10 Å². The van der Waals surface area contributed by atoms with Crippen LogP contribution in [0.3, 0.4) is 0 Å². The molecule has 2 rings (SSSR count). The van der Waals surface area contributed by atoms with Gasteiger partial charge in [-0.25, -0.2) is 8.78 Å². The molecule has 0 unspecified atom stereocenters. The molecule has 0 aliphatic rings. The minimum atomic E-state index is -1.23. The summed E-state index contributed by atoms with van der Waals surface area (Å²) in [6.07, 6.45) is -1.23. The number of aliphatic hydroxyl groups is 1. The molecule has 0 saturated heterocycles. The quantitative estimate of drug-likeness (QED) is 0.866. The molecular weight excluding hydrogens is 246 g/mol. The van der Waals surface area contributed by atoms with E-state index in [0.717, 1.165) is 6.07 Å². The summed E-state index contributed by atoms with van der Waals surface area (Å²) in [7, 11) is 0. The van der Waals surface area contributed by atoms with E-state index in [1.165, 1.54) is 36.4 Å². The minimum absolute atomic E-state index is 0.0306. The van der Waals surface area contributed by atoms with E-state index in [1.54, 1.807) is 0 Å². The fraction of sp³-hybridized carbons (Fsp3) is 0.0769. The lowest BCUT2D eigenvalue weighted by molar-refractivity contribution is 0.214. The van der Waals surface area contributed by atoms with Gasteiger partial charge in [-0.05, 0) is 35.9 Å². The first-order valence-electron chi connectivity index (χ1n) is 4.96. The second-order valence-electron chi connectivity index (χ2n) is 3.62. The highest BCUT2D eigenvalue weighted by molar-refractivity contribution is 6.30. The Balaban J connectivity index is 2.43. The van der Waals surface area contributed by atoms with Gasteiger partial charge in [0.15, 0.2) is 0 Å². The number of benzene rings is 2. The molecule has 0 aromatic heterocycles. The monoisotopic (exact) mass is 254 g/mol. The first-order chi connectivity index (χ1) is 8.08. The maximum atomic E-state index is 13.5. The second kappa shape index (κ2) is 4.82. The molecule has 0 bridgehead atoms. The van der Waals surface area contributed by atoms with Crippen LogP contribution in [-0.4, -0.2) is 5.11 Å². The van der Waals surface area contributed by atoms with Gasteiger partial charge in [-0.2, -0.15) is 0 Å². The molecule has 0 amide bonds. The number of hydrogen-bond acceptors (Lipinski definition) is 1. The second-order valence-corrected chi connectivity index (χ2v) is 4.06. The van der Waals surface area contributed by atoms with Crippen molar-refractivity contribution in [1.29, 1.82) is 0 Å². The Morgan fingerprint density at radius 2 is 1.82 bits per heavy atom. The Bertz CT molecular complexity index is 543. The lowest BCUT2D eigenvalue weighted by Gasteiger charge is -2.12. The first kappa shape index (κ1) is 12.0. The summed E-state index contributed by atoms with van der Waals surface area (Å²) in [6, 6.07) is 9.27. The van der Waals surface area contributed by atoms with Gasteiger partial charge in [0.2, 0.25) is 0 Å². The summed E-state index contributed by atoms with van der Waals surface area (Å²) < 4.78 is 26.5. The van der Waals surface area contributed by atoms with E-state index in [-0.39, 0.29) is 11.1 Å². The Morgan fingerprint density at radius 3 is 2.53 bits per heavy atom. The number of hydrogen-bond donors (Lipinski definition) is 1. The molecule has 1 nitrogen and oxygen atoms in total. The van der Waals surface area contributed by atoms with E-state index < -0.39 is 17.7 Å². The van der Waals surface area contributed by atoms with Crippen molar-refractivity contribution < 1.29 is 13.9 Å². The fourth-order valence-corrected chi connectivity index (χ4v) is 1.76. The number of aliphatic hydroxyl groups excluding tert-OH is 1. The largest absolute Gasteiger partial charge is 0.384 e. The van der Waals surface area contributed by atoms with Crippen LogP contribution in [0.25, 0.3) is 0 Å². The van der Waals surface area contributed by atoms with E-state index >= 15 is 0 Å². The van der Waals surface area contributed by atoms with Crippen LogP contribution in [0.15, 0.2) is 42.5 Å². The van der Waals surface area contributed by atoms with Gasteiger partial charge in [-0.15, -0.1) is 0 Å². The first-order valence-corrected chi connectivity index (χ1v) is 5.34. The maximum Gasteiger partial charge on any atom is 0.129 e. The highest BCUT2D eigenvalue weighted by Crippen LogP contribution is 2.27. The summed E-state index contributed by atoms with van der Waals surface area (Å²) >= 11 is 5.73. The zero-order valence-corrected chi connectivity index (χ0v) is 9.46. The molecule has 0 aliphatic carbocycles. The third-order valence-corrected chi connectivity index (χ3v) is 2.65. The van der Waals surface area contributed by atoms with Gasteiger partial charge in [-0.3, -0.25) is 0 Å². The highest BCUT2D eigenvalue weighted by atomic mass is 35.5. The van der Waals surface area contributed by atoms with Crippen LogP contribution in [0.5, 0.6) is 0 Å². The molecule has 0 radical (unpaired) electrons. The van der Waals surface area contributed by atoms with Crippen molar-refractivity contribution in [3.05, 3.63) is 70.2 Å². The Morgan fingerprint density at radius 1 is 1.06 bits per heavy atom. The van der Waals surface area contributed by atoms with Gasteiger partial charge in [0.05, 0.1) is 0 Å². The zero-order valence-electron chi connectivity index (χ0n) is 8.70. The molecule has 88 valence electrons. The summed E-state index contributed by atoms with van der Waals surface area (Å²) in [5.41, 5.74) is 0.314. The molecule has 1 N–H and O–H groups in total. The summed E-state index contributed by atoms with van der Waals surface area (Å²) in [5.74, 6) is -1.06. The molecule has 0 fully saturated rings. The predicted octanol–water partition coefficient (Wildman–Crippen LogP) is 3.70. The lowest BCUT2D eigenvalue weighted by Crippen LogP contribution is -2.02. The average Bonchev–Trinajstić information content (AvgIpc) is 2.31. The molecule has 0 heterocycles. The van der Waals surface area contributed by atoms with Crippen LogP contribution in [0.4, 0.5) is 8.78 Å². The Labute approximate surface area is 102 Å². The number of rotatable bonds is 2. The van der Waals surface area contributed by atoms with Gasteiger partial charge in [0, 0.05) is 10.6 Å². The van der Waals surface area contributed by atoms with Crippen molar-refractivity contribution in [2.75, 3.05) is 0 Å². The maximum absolute atomic E-state index is 13.5. The Kier molecular flexibility index (Phi) is 3.41. The zero-order chi connectivity index (χ0) is 12.4. The molecule has 2 aromatic carbocycles. The van der Waals surface area contributed by atoms with Crippen LogP contribution in [0, 0.1) is 11.6 Å². The molecule has 17 heavy (non-hydrogen) atoms. The van der Waals surface area contributed by atoms with Gasteiger partial charge in [-0.1, -0.05) is 23.7 Å². The van der Waals surface area contributed by atoms with E-state index in [1.807, 2.05) is 0 Å². The summed E-state index contributed by atoms with van der Waals surface area (Å²) in [6.45, 7) is 0. The normalized spacial score (nSPS) is 12.5. The Hall–Kier alpha value is -1.45. The van der Waals surface area contributed by atoms with Crippen molar-refractivity contribution in [2.24, 2.45) is 0 Å². The standard InChI is InChI=1S/C13H9ClF2O/c14-9-4-5-12(16)11(7-9)13(17)8-2-1-3-10(15)6-8/h1-7,13,17H/t13-/m0/s1. The molecule has 2 aromatic rings. The van der Waals surface area contributed by atoms with Crippen LogP contribution in [0.1, 0.15) is 17.2 Å². The molecule has 0 spiro atoms. The van der Waals surface area contributed by atoms with E-state index in [0.29, 0.717) is 5.02 Å². The molecule has 0 saturated carbocycles. The third kappa shape index (κ3) is 2.62. The van der Waals surface area contributed by atoms with Crippen molar-refractivity contribution in [1.82, 2.24) is 0 Å². The van der Waals surface area contributed by atoms with E-state index in [9.17, 15) is 13.9 Å². The lowest BCUT2D eigenvalue weighted by atomic mass is 10.0. The predicted molar refractivity (Wildman–Crippen MR) is 61.9 cm³/mol. The van der Waals surface area contributed by atoms with Crippen LogP contribution in [-0.2, 0) is 0 Å². The fourth-order valence-electron chi connectivity index (χ4n) is 1.58. The smallest absolute Gasteiger partial charge is 0.129 e. The topological polar surface area (TPSA) is 20.2 Å². The van der Waals surface area contributed by atoms with E-state index in [4.69, 9.17) is 11.6 Å².